The molecule has 29 heavy (non-hydrogen) atoms. The summed E-state index contributed by atoms with van der Waals surface area (Å²) in [6.07, 6.45) is -3.48. The molecule has 0 bridgehead atoms. The molecule has 1 spiro atoms. The molecule has 1 N–H and O–H groups in total. The van der Waals surface area contributed by atoms with E-state index in [0.717, 1.165) is 0 Å². The maximum absolute atomic E-state index is 12.7. The molecule has 4 rings (SSSR count). The van der Waals surface area contributed by atoms with Gasteiger partial charge in [-0.1, -0.05) is 0 Å². The number of nitrogens with zero attached hydrogens (tertiary/aromatic N) is 2. The van der Waals surface area contributed by atoms with Gasteiger partial charge in [0.15, 0.2) is 10.9 Å². The monoisotopic (exact) mass is 429 g/mol. The van der Waals surface area contributed by atoms with Crippen LogP contribution in [0, 0.1) is 0 Å². The third-order valence-corrected chi connectivity index (χ3v) is 5.45. The summed E-state index contributed by atoms with van der Waals surface area (Å²) in [5.41, 5.74) is 0.849. The molecule has 11 heteroatoms. The van der Waals surface area contributed by atoms with Gasteiger partial charge in [0.2, 0.25) is 0 Å². The number of halogens is 3. The lowest BCUT2D eigenvalue weighted by atomic mass is 10.0. The van der Waals surface area contributed by atoms with E-state index in [4.69, 9.17) is 9.47 Å². The van der Waals surface area contributed by atoms with Crippen LogP contribution in [0.1, 0.15) is 23.3 Å². The summed E-state index contributed by atoms with van der Waals surface area (Å²) < 4.78 is 51.8. The maximum Gasteiger partial charge on any atom is 0.573 e. The number of aromatic nitrogens is 1. The smallest absolute Gasteiger partial charge is 0.406 e. The van der Waals surface area contributed by atoms with Crippen LogP contribution in [0.25, 0.3) is 0 Å². The first-order valence-electron chi connectivity index (χ1n) is 8.98. The highest BCUT2D eigenvalue weighted by Gasteiger charge is 2.41. The third kappa shape index (κ3) is 4.80. The van der Waals surface area contributed by atoms with E-state index in [1.54, 1.807) is 10.3 Å². The van der Waals surface area contributed by atoms with Gasteiger partial charge in [-0.15, -0.1) is 24.5 Å². The van der Waals surface area contributed by atoms with Crippen LogP contribution in [-0.2, 0) is 9.47 Å². The summed E-state index contributed by atoms with van der Waals surface area (Å²) in [6.45, 7) is 2.22. The molecule has 2 aliphatic rings. The van der Waals surface area contributed by atoms with Crippen LogP contribution in [0.15, 0.2) is 29.6 Å². The van der Waals surface area contributed by atoms with Crippen molar-refractivity contribution in [3.8, 4) is 5.75 Å². The predicted molar refractivity (Wildman–Crippen MR) is 98.3 cm³/mol. The number of hydrogen-bond donors (Lipinski definition) is 1. The predicted octanol–water partition coefficient (Wildman–Crippen LogP) is 3.76. The second-order valence-electron chi connectivity index (χ2n) is 6.63. The number of likely N-dealkylation sites (tertiary alicyclic amines) is 1. The van der Waals surface area contributed by atoms with Crippen molar-refractivity contribution in [2.24, 2.45) is 0 Å². The van der Waals surface area contributed by atoms with E-state index in [2.05, 4.69) is 15.0 Å². The van der Waals surface area contributed by atoms with Gasteiger partial charge in [-0.25, -0.2) is 4.98 Å². The first-order chi connectivity index (χ1) is 13.8. The first-order valence-corrected chi connectivity index (χ1v) is 9.85. The van der Waals surface area contributed by atoms with Gasteiger partial charge in [0.1, 0.15) is 11.4 Å². The van der Waals surface area contributed by atoms with Gasteiger partial charge in [-0.2, -0.15) is 0 Å². The number of piperidine rings is 1. The molecule has 2 fully saturated rings. The number of anilines is 2. The fourth-order valence-corrected chi connectivity index (χ4v) is 4.00. The van der Waals surface area contributed by atoms with Crippen LogP contribution in [0.5, 0.6) is 5.75 Å². The Labute approximate surface area is 168 Å². The number of nitrogens with one attached hydrogen (secondary N) is 1. The number of thiazole rings is 1. The minimum atomic E-state index is -4.73. The molecule has 3 heterocycles. The van der Waals surface area contributed by atoms with Crippen LogP contribution in [-0.4, -0.2) is 54.2 Å². The van der Waals surface area contributed by atoms with E-state index in [1.807, 2.05) is 0 Å². The summed E-state index contributed by atoms with van der Waals surface area (Å²) in [5.74, 6) is -1.03. The Morgan fingerprint density at radius 2 is 1.83 bits per heavy atom. The highest BCUT2D eigenvalue weighted by atomic mass is 32.1. The SMILES string of the molecule is O=C(c1csc(Nc2ccc(OC(F)(F)F)cc2)n1)N1CCC2(CC1)OCCO2. The number of carbonyl (C=O) groups excluding carboxylic acids is 1. The van der Waals surface area contributed by atoms with E-state index < -0.39 is 12.1 Å². The second-order valence-corrected chi connectivity index (χ2v) is 7.49. The average molecular weight is 429 g/mol. The van der Waals surface area contributed by atoms with Crippen LogP contribution in [0.3, 0.4) is 0 Å². The molecule has 2 aliphatic heterocycles. The van der Waals surface area contributed by atoms with Crippen molar-refractivity contribution in [1.82, 2.24) is 9.88 Å². The zero-order chi connectivity index (χ0) is 20.5. The molecule has 7 nitrogen and oxygen atoms in total. The van der Waals surface area contributed by atoms with Crippen LogP contribution in [0.2, 0.25) is 0 Å². The Morgan fingerprint density at radius 1 is 1.17 bits per heavy atom. The Kier molecular flexibility index (Phi) is 5.36. The zero-order valence-electron chi connectivity index (χ0n) is 15.2. The lowest BCUT2D eigenvalue weighted by Gasteiger charge is -2.37. The Balaban J connectivity index is 1.34. The van der Waals surface area contributed by atoms with Crippen molar-refractivity contribution in [2.75, 3.05) is 31.6 Å². The molecule has 0 saturated carbocycles. The Hall–Kier alpha value is -2.37. The standard InChI is InChI=1S/C18H18F3N3O4S/c19-18(20,21)28-13-3-1-12(2-4-13)22-16-23-14(11-29-16)15(25)24-7-5-17(6-8-24)26-9-10-27-17/h1-4,11H,5-10H2,(H,22,23). The van der Waals surface area contributed by atoms with Gasteiger partial charge >= 0.3 is 6.36 Å². The Bertz CT molecular complexity index is 856. The summed E-state index contributed by atoms with van der Waals surface area (Å²) in [6, 6.07) is 5.28. The van der Waals surface area contributed by atoms with Gasteiger partial charge in [-0.05, 0) is 24.3 Å². The molecular formula is C18H18F3N3O4S. The molecule has 1 aromatic heterocycles. The molecule has 0 radical (unpaired) electrons. The molecule has 1 amide bonds. The Morgan fingerprint density at radius 3 is 2.45 bits per heavy atom. The maximum atomic E-state index is 12.7. The molecular weight excluding hydrogens is 411 g/mol. The molecule has 1 aromatic carbocycles. The van der Waals surface area contributed by atoms with Crippen molar-refractivity contribution < 1.29 is 32.2 Å². The minimum absolute atomic E-state index is 0.170. The van der Waals surface area contributed by atoms with E-state index in [1.165, 1.54) is 35.6 Å². The molecule has 0 atom stereocenters. The van der Waals surface area contributed by atoms with Crippen LogP contribution >= 0.6 is 11.3 Å². The van der Waals surface area contributed by atoms with Crippen molar-refractivity contribution in [1.29, 1.82) is 0 Å². The average Bonchev–Trinajstić information content (AvgIpc) is 3.32. The van der Waals surface area contributed by atoms with Gasteiger partial charge in [-0.3, -0.25) is 4.79 Å². The third-order valence-electron chi connectivity index (χ3n) is 4.69. The first kappa shape index (κ1) is 19.9. The van der Waals surface area contributed by atoms with Gasteiger partial charge in [0.25, 0.3) is 5.91 Å². The number of rotatable bonds is 4. The fourth-order valence-electron chi connectivity index (χ4n) is 3.29. The number of amides is 1. The van der Waals surface area contributed by atoms with Crippen LogP contribution < -0.4 is 10.1 Å². The van der Waals surface area contributed by atoms with E-state index in [9.17, 15) is 18.0 Å². The molecule has 0 aliphatic carbocycles. The molecule has 156 valence electrons. The normalized spacial score (nSPS) is 18.8. The summed E-state index contributed by atoms with van der Waals surface area (Å²) in [5, 5.41) is 5.09. The summed E-state index contributed by atoms with van der Waals surface area (Å²) >= 11 is 1.24. The van der Waals surface area contributed by atoms with Gasteiger partial charge in [0, 0.05) is 37.0 Å². The molecule has 2 saturated heterocycles. The number of hydrogen-bond acceptors (Lipinski definition) is 7. The second kappa shape index (κ2) is 7.81. The van der Waals surface area contributed by atoms with Crippen molar-refractivity contribution >= 4 is 28.1 Å². The van der Waals surface area contributed by atoms with Crippen molar-refractivity contribution in [2.45, 2.75) is 25.0 Å². The lowest BCUT2D eigenvalue weighted by molar-refractivity contribution is -0.274. The van der Waals surface area contributed by atoms with E-state index in [-0.39, 0.29) is 11.7 Å². The topological polar surface area (TPSA) is 72.9 Å². The minimum Gasteiger partial charge on any atom is -0.406 e. The highest BCUT2D eigenvalue weighted by molar-refractivity contribution is 7.14. The van der Waals surface area contributed by atoms with Gasteiger partial charge in [0.05, 0.1) is 13.2 Å². The number of carbonyl (C=O) groups is 1. The number of ether oxygens (including phenoxy) is 3. The molecule has 2 aromatic rings. The quantitative estimate of drug-likeness (QED) is 0.798. The fraction of sp³-hybridized carbons (Fsp3) is 0.444. The van der Waals surface area contributed by atoms with E-state index in [0.29, 0.717) is 55.7 Å². The van der Waals surface area contributed by atoms with E-state index >= 15 is 0 Å². The highest BCUT2D eigenvalue weighted by Crippen LogP contribution is 2.32. The van der Waals surface area contributed by atoms with Crippen LogP contribution in [0.4, 0.5) is 24.0 Å². The largest absolute Gasteiger partial charge is 0.573 e. The van der Waals surface area contributed by atoms with Gasteiger partial charge < -0.3 is 24.4 Å². The summed E-state index contributed by atoms with van der Waals surface area (Å²) in [7, 11) is 0. The van der Waals surface area contributed by atoms with Crippen molar-refractivity contribution in [3.05, 3.63) is 35.3 Å². The summed E-state index contributed by atoms with van der Waals surface area (Å²) in [4.78, 5) is 18.7. The number of benzene rings is 1. The lowest BCUT2D eigenvalue weighted by Crippen LogP contribution is -2.47. The number of alkyl halides is 3. The van der Waals surface area contributed by atoms with Crippen molar-refractivity contribution in [3.63, 3.8) is 0 Å². The molecule has 0 unspecified atom stereocenters. The zero-order valence-corrected chi connectivity index (χ0v) is 16.0.